The van der Waals surface area contributed by atoms with Crippen molar-refractivity contribution < 1.29 is 0 Å². The Hall–Kier alpha value is -9.18. The Morgan fingerprint density at radius 3 is 0.928 bits per heavy atom. The van der Waals surface area contributed by atoms with Gasteiger partial charge in [-0.2, -0.15) is 0 Å². The molecule has 0 saturated heterocycles. The Balaban J connectivity index is 0.858. The van der Waals surface area contributed by atoms with Crippen LogP contribution < -0.4 is 0 Å². The molecule has 322 valence electrons. The normalized spacial score (nSPS) is 11.8. The van der Waals surface area contributed by atoms with E-state index >= 15 is 0 Å². The lowest BCUT2D eigenvalue weighted by molar-refractivity contribution is 1.17. The van der Waals surface area contributed by atoms with E-state index in [4.69, 9.17) is 0 Å². The lowest BCUT2D eigenvalue weighted by atomic mass is 9.93. The van der Waals surface area contributed by atoms with Crippen molar-refractivity contribution in [3.8, 4) is 61.6 Å². The first kappa shape index (κ1) is 39.0. The molecule has 0 unspecified atom stereocenters. The van der Waals surface area contributed by atoms with E-state index in [0.29, 0.717) is 0 Å². The van der Waals surface area contributed by atoms with Gasteiger partial charge in [-0.15, -0.1) is 0 Å². The van der Waals surface area contributed by atoms with Gasteiger partial charge < -0.3 is 13.7 Å². The number of hydrogen-bond donors (Lipinski definition) is 0. The van der Waals surface area contributed by atoms with Crippen LogP contribution in [0.1, 0.15) is 0 Å². The molecule has 0 aliphatic carbocycles. The van der Waals surface area contributed by atoms with Crippen molar-refractivity contribution in [2.45, 2.75) is 0 Å². The predicted octanol–water partition coefficient (Wildman–Crippen LogP) is 17.6. The molecule has 0 aliphatic rings. The highest BCUT2D eigenvalue weighted by Crippen LogP contribution is 2.41. The quantitative estimate of drug-likeness (QED) is 0.152. The van der Waals surface area contributed by atoms with Gasteiger partial charge in [-0.1, -0.05) is 158 Å². The fourth-order valence-electron chi connectivity index (χ4n) is 11.0. The van der Waals surface area contributed by atoms with Crippen molar-refractivity contribution in [1.82, 2.24) is 13.7 Å². The molecule has 0 fully saturated rings. The van der Waals surface area contributed by atoms with E-state index in [-0.39, 0.29) is 0 Å². The molecule has 0 bridgehead atoms. The average Bonchev–Trinajstić information content (AvgIpc) is 4.06. The topological polar surface area (TPSA) is 14.8 Å². The van der Waals surface area contributed by atoms with E-state index in [1.165, 1.54) is 110 Å². The SMILES string of the molecule is c1ccc(-c2cc(-c3ccccc3)cc(-c3ccc(-n4c5ccccc5c5cc(-c6ccc7c(c6)c6ccccc6n7-c6ccc7c(c6)c6ccccc6n7-c6ccccc6)ccc54)cc3)c2)cc1. The molecule has 0 radical (unpaired) electrons. The number of aromatic nitrogens is 3. The summed E-state index contributed by atoms with van der Waals surface area (Å²) in [7, 11) is 0. The molecule has 0 saturated carbocycles. The second kappa shape index (κ2) is 15.7. The van der Waals surface area contributed by atoms with Gasteiger partial charge in [-0.25, -0.2) is 0 Å². The number of benzene rings is 11. The molecule has 0 amide bonds. The van der Waals surface area contributed by atoms with Crippen LogP contribution in [-0.4, -0.2) is 13.7 Å². The Bertz CT molecular complexity index is 4210. The second-order valence-electron chi connectivity index (χ2n) is 18.1. The summed E-state index contributed by atoms with van der Waals surface area (Å²) in [5.41, 5.74) is 20.2. The van der Waals surface area contributed by atoms with Crippen LogP contribution in [-0.2, 0) is 0 Å². The molecule has 0 spiro atoms. The summed E-state index contributed by atoms with van der Waals surface area (Å²) in [6.07, 6.45) is 0. The second-order valence-corrected chi connectivity index (χ2v) is 18.1. The summed E-state index contributed by atoms with van der Waals surface area (Å²) in [4.78, 5) is 0. The summed E-state index contributed by atoms with van der Waals surface area (Å²) >= 11 is 0. The Morgan fingerprint density at radius 1 is 0.159 bits per heavy atom. The van der Waals surface area contributed by atoms with Crippen molar-refractivity contribution in [3.05, 3.63) is 261 Å². The van der Waals surface area contributed by atoms with Gasteiger partial charge in [0.15, 0.2) is 0 Å². The van der Waals surface area contributed by atoms with Crippen molar-refractivity contribution in [2.75, 3.05) is 0 Å². The summed E-state index contributed by atoms with van der Waals surface area (Å²) in [5, 5.41) is 7.44. The van der Waals surface area contributed by atoms with E-state index in [2.05, 4.69) is 275 Å². The van der Waals surface area contributed by atoms with E-state index in [0.717, 1.165) is 17.1 Å². The highest BCUT2D eigenvalue weighted by atomic mass is 15.0. The Morgan fingerprint density at radius 2 is 0.464 bits per heavy atom. The molecule has 0 atom stereocenters. The van der Waals surface area contributed by atoms with Crippen LogP contribution in [0.5, 0.6) is 0 Å². The van der Waals surface area contributed by atoms with Crippen LogP contribution in [0.4, 0.5) is 0 Å². The van der Waals surface area contributed by atoms with Crippen molar-refractivity contribution in [2.24, 2.45) is 0 Å². The first-order chi connectivity index (χ1) is 34.2. The molecule has 0 aliphatic heterocycles. The summed E-state index contributed by atoms with van der Waals surface area (Å²) in [6, 6.07) is 95.4. The first-order valence-electron chi connectivity index (χ1n) is 23.7. The fourth-order valence-corrected chi connectivity index (χ4v) is 11.0. The molecule has 0 N–H and O–H groups in total. The number of fused-ring (bicyclic) bond motifs is 9. The van der Waals surface area contributed by atoms with Gasteiger partial charge in [0, 0.05) is 49.4 Å². The van der Waals surface area contributed by atoms with E-state index < -0.39 is 0 Å². The maximum atomic E-state index is 2.44. The standard InChI is InChI=1S/C66H43N3/c1-4-16-44(17-5-1)49-38-50(45-18-6-2-7-19-45)40-51(39-49)46-28-32-53(33-29-46)68-61-25-13-10-22-55(61)58-41-47(30-35-64(58)68)48-31-36-65-59(42-48)56-23-11-15-27-63(56)69(65)54-34-37-66-60(43-54)57-24-12-14-26-62(57)67(66)52-20-8-3-9-21-52/h1-43H. The number of para-hydroxylation sites is 4. The third kappa shape index (κ3) is 6.36. The smallest absolute Gasteiger partial charge is 0.0542 e. The van der Waals surface area contributed by atoms with Crippen LogP contribution in [0.2, 0.25) is 0 Å². The van der Waals surface area contributed by atoms with Gasteiger partial charge in [0.05, 0.1) is 33.1 Å². The van der Waals surface area contributed by atoms with Crippen molar-refractivity contribution in [1.29, 1.82) is 0 Å². The molecule has 3 heterocycles. The van der Waals surface area contributed by atoms with Crippen LogP contribution in [0, 0.1) is 0 Å². The van der Waals surface area contributed by atoms with Gasteiger partial charge in [0.2, 0.25) is 0 Å². The summed E-state index contributed by atoms with van der Waals surface area (Å²) in [6.45, 7) is 0. The largest absolute Gasteiger partial charge is 0.309 e. The van der Waals surface area contributed by atoms with Crippen molar-refractivity contribution >= 4 is 65.4 Å². The maximum absolute atomic E-state index is 2.44. The van der Waals surface area contributed by atoms with Gasteiger partial charge >= 0.3 is 0 Å². The molecule has 14 aromatic rings. The minimum absolute atomic E-state index is 1.14. The number of hydrogen-bond acceptors (Lipinski definition) is 0. The predicted molar refractivity (Wildman–Crippen MR) is 291 cm³/mol. The summed E-state index contributed by atoms with van der Waals surface area (Å²) < 4.78 is 7.23. The van der Waals surface area contributed by atoms with Gasteiger partial charge in [-0.3, -0.25) is 0 Å². The zero-order valence-electron chi connectivity index (χ0n) is 37.7. The van der Waals surface area contributed by atoms with Crippen LogP contribution in [0.25, 0.3) is 127 Å². The maximum Gasteiger partial charge on any atom is 0.0542 e. The monoisotopic (exact) mass is 877 g/mol. The zero-order chi connectivity index (χ0) is 45.4. The number of rotatable bonds is 7. The fraction of sp³-hybridized carbons (Fsp3) is 0. The van der Waals surface area contributed by atoms with Crippen molar-refractivity contribution in [3.63, 3.8) is 0 Å². The van der Waals surface area contributed by atoms with E-state index in [9.17, 15) is 0 Å². The average molecular weight is 878 g/mol. The molecule has 14 rings (SSSR count). The molecular formula is C66H43N3. The van der Waals surface area contributed by atoms with Gasteiger partial charge in [0.1, 0.15) is 0 Å². The first-order valence-corrected chi connectivity index (χ1v) is 23.7. The van der Waals surface area contributed by atoms with Crippen LogP contribution in [0.3, 0.4) is 0 Å². The van der Waals surface area contributed by atoms with Gasteiger partial charge in [0.25, 0.3) is 0 Å². The molecule has 3 heteroatoms. The lowest BCUT2D eigenvalue weighted by Crippen LogP contribution is -1.95. The molecule has 69 heavy (non-hydrogen) atoms. The third-order valence-corrected chi connectivity index (χ3v) is 14.2. The van der Waals surface area contributed by atoms with Gasteiger partial charge in [-0.05, 0) is 148 Å². The van der Waals surface area contributed by atoms with Crippen LogP contribution >= 0.6 is 0 Å². The van der Waals surface area contributed by atoms with Crippen LogP contribution in [0.15, 0.2) is 261 Å². The lowest BCUT2D eigenvalue weighted by Gasteiger charge is -2.13. The van der Waals surface area contributed by atoms with E-state index in [1.54, 1.807) is 0 Å². The highest BCUT2D eigenvalue weighted by molar-refractivity contribution is 6.14. The minimum Gasteiger partial charge on any atom is -0.309 e. The Kier molecular flexibility index (Phi) is 8.90. The molecule has 11 aromatic carbocycles. The highest BCUT2D eigenvalue weighted by Gasteiger charge is 2.19. The molecule has 3 aromatic heterocycles. The molecular weight excluding hydrogens is 835 g/mol. The Labute approximate surface area is 399 Å². The van der Waals surface area contributed by atoms with E-state index in [1.807, 2.05) is 0 Å². The molecule has 3 nitrogen and oxygen atoms in total. The minimum atomic E-state index is 1.14. The number of nitrogens with zero attached hydrogens (tertiary/aromatic N) is 3. The summed E-state index contributed by atoms with van der Waals surface area (Å²) in [5.74, 6) is 0. The third-order valence-electron chi connectivity index (χ3n) is 14.2. The zero-order valence-corrected chi connectivity index (χ0v) is 37.7.